The van der Waals surface area contributed by atoms with E-state index in [1.165, 1.54) is 18.2 Å². The molecule has 0 aliphatic carbocycles. The second-order valence-corrected chi connectivity index (χ2v) is 5.54. The standard InChI is InChI=1S/C16H12ClF2N5O/c17-14-12(23-15(20)13(22-14)16(21)25)11-5-2-6-24(11)7-8-9(18)3-1-4-10(8)19/h1-6H,7H2,(H2,20,23)(H2,21,25). The molecule has 0 saturated heterocycles. The summed E-state index contributed by atoms with van der Waals surface area (Å²) in [4.78, 5) is 19.2. The zero-order valence-corrected chi connectivity index (χ0v) is 13.5. The minimum absolute atomic E-state index is 0.0870. The summed E-state index contributed by atoms with van der Waals surface area (Å²) in [6.45, 7) is -0.0870. The van der Waals surface area contributed by atoms with Crippen LogP contribution < -0.4 is 11.5 Å². The van der Waals surface area contributed by atoms with Gasteiger partial charge >= 0.3 is 0 Å². The van der Waals surface area contributed by atoms with Crippen molar-refractivity contribution < 1.29 is 13.6 Å². The quantitative estimate of drug-likeness (QED) is 0.744. The van der Waals surface area contributed by atoms with E-state index in [4.69, 9.17) is 23.1 Å². The van der Waals surface area contributed by atoms with E-state index in [9.17, 15) is 13.6 Å². The number of hydrogen-bond acceptors (Lipinski definition) is 4. The van der Waals surface area contributed by atoms with Crippen LogP contribution in [0.2, 0.25) is 5.15 Å². The van der Waals surface area contributed by atoms with Gasteiger partial charge in [-0.3, -0.25) is 4.79 Å². The smallest absolute Gasteiger partial charge is 0.271 e. The van der Waals surface area contributed by atoms with Crippen LogP contribution in [0.1, 0.15) is 16.1 Å². The maximum absolute atomic E-state index is 13.9. The van der Waals surface area contributed by atoms with Crippen molar-refractivity contribution in [2.75, 3.05) is 5.73 Å². The highest BCUT2D eigenvalue weighted by molar-refractivity contribution is 6.32. The first-order chi connectivity index (χ1) is 11.9. The number of nitrogens with two attached hydrogens (primary N) is 2. The first-order valence-corrected chi connectivity index (χ1v) is 7.47. The number of amides is 1. The number of aromatic nitrogens is 3. The van der Waals surface area contributed by atoms with Crippen molar-refractivity contribution in [1.82, 2.24) is 14.5 Å². The molecular weight excluding hydrogens is 352 g/mol. The maximum atomic E-state index is 13.9. The van der Waals surface area contributed by atoms with E-state index >= 15 is 0 Å². The summed E-state index contributed by atoms with van der Waals surface area (Å²) in [6.07, 6.45) is 1.61. The molecule has 2 heterocycles. The number of hydrogen-bond donors (Lipinski definition) is 2. The molecule has 0 saturated carbocycles. The number of anilines is 1. The normalized spacial score (nSPS) is 10.8. The third-order valence-corrected chi connectivity index (χ3v) is 3.84. The molecule has 0 radical (unpaired) electrons. The van der Waals surface area contributed by atoms with E-state index in [0.29, 0.717) is 5.69 Å². The van der Waals surface area contributed by atoms with Crippen LogP contribution >= 0.6 is 11.6 Å². The van der Waals surface area contributed by atoms with Gasteiger partial charge in [0.2, 0.25) is 0 Å². The van der Waals surface area contributed by atoms with Gasteiger partial charge in [0.15, 0.2) is 16.7 Å². The number of benzene rings is 1. The highest BCUT2D eigenvalue weighted by atomic mass is 35.5. The minimum atomic E-state index is -0.859. The van der Waals surface area contributed by atoms with Crippen LogP contribution in [0.5, 0.6) is 0 Å². The number of rotatable bonds is 4. The average molecular weight is 364 g/mol. The molecule has 0 aliphatic rings. The van der Waals surface area contributed by atoms with Crippen LogP contribution in [-0.2, 0) is 6.54 Å². The first-order valence-electron chi connectivity index (χ1n) is 7.09. The van der Waals surface area contributed by atoms with Gasteiger partial charge < -0.3 is 16.0 Å². The largest absolute Gasteiger partial charge is 0.382 e. The molecule has 0 spiro atoms. The van der Waals surface area contributed by atoms with Crippen molar-refractivity contribution in [3.05, 3.63) is 64.6 Å². The number of nitrogen functional groups attached to an aromatic ring is 1. The summed E-state index contributed by atoms with van der Waals surface area (Å²) in [5.74, 6) is -2.38. The fraction of sp³-hybridized carbons (Fsp3) is 0.0625. The fourth-order valence-electron chi connectivity index (χ4n) is 2.39. The molecule has 0 unspecified atom stereocenters. The van der Waals surface area contributed by atoms with Crippen molar-refractivity contribution >= 4 is 23.3 Å². The molecule has 3 aromatic rings. The van der Waals surface area contributed by atoms with Crippen LogP contribution in [0.25, 0.3) is 11.4 Å². The number of carbonyl (C=O) groups is 1. The molecule has 1 amide bonds. The number of primary amides is 1. The van der Waals surface area contributed by atoms with Crippen molar-refractivity contribution in [2.24, 2.45) is 5.73 Å². The zero-order valence-electron chi connectivity index (χ0n) is 12.7. The number of nitrogens with zero attached hydrogens (tertiary/aromatic N) is 3. The zero-order chi connectivity index (χ0) is 18.1. The third-order valence-electron chi connectivity index (χ3n) is 3.58. The van der Waals surface area contributed by atoms with Gasteiger partial charge in [-0.2, -0.15) is 0 Å². The van der Waals surface area contributed by atoms with Crippen LogP contribution in [0.3, 0.4) is 0 Å². The first kappa shape index (κ1) is 16.8. The Hall–Kier alpha value is -3.00. The van der Waals surface area contributed by atoms with Crippen LogP contribution in [0.15, 0.2) is 36.5 Å². The molecule has 0 bridgehead atoms. The molecule has 9 heteroatoms. The Bertz CT molecular complexity index is 953. The third kappa shape index (κ3) is 3.16. The van der Waals surface area contributed by atoms with Gasteiger partial charge in [-0.25, -0.2) is 18.7 Å². The van der Waals surface area contributed by atoms with Gasteiger partial charge in [-0.05, 0) is 24.3 Å². The SMILES string of the molecule is NC(=O)c1nc(Cl)c(-c2cccn2Cc2c(F)cccc2F)nc1N. The van der Waals surface area contributed by atoms with Gasteiger partial charge in [0.1, 0.15) is 17.3 Å². The lowest BCUT2D eigenvalue weighted by atomic mass is 10.2. The van der Waals surface area contributed by atoms with Crippen molar-refractivity contribution in [3.63, 3.8) is 0 Å². The summed E-state index contributed by atoms with van der Waals surface area (Å²) in [5.41, 5.74) is 11.1. The molecule has 0 fully saturated rings. The molecular formula is C16H12ClF2N5O. The van der Waals surface area contributed by atoms with Gasteiger partial charge in [0, 0.05) is 11.8 Å². The topological polar surface area (TPSA) is 99.8 Å². The summed E-state index contributed by atoms with van der Waals surface area (Å²) in [5, 5.41) is -0.100. The summed E-state index contributed by atoms with van der Waals surface area (Å²) >= 11 is 6.08. The van der Waals surface area contributed by atoms with Crippen LogP contribution in [0, 0.1) is 11.6 Å². The molecule has 2 aromatic heterocycles. The second kappa shape index (κ2) is 6.48. The van der Waals surface area contributed by atoms with Gasteiger partial charge in [0.05, 0.1) is 12.2 Å². The van der Waals surface area contributed by atoms with Crippen molar-refractivity contribution in [2.45, 2.75) is 6.54 Å². The Morgan fingerprint density at radius 1 is 1.16 bits per heavy atom. The Kier molecular flexibility index (Phi) is 4.37. The van der Waals surface area contributed by atoms with E-state index < -0.39 is 17.5 Å². The van der Waals surface area contributed by atoms with Gasteiger partial charge in [-0.1, -0.05) is 17.7 Å². The average Bonchev–Trinajstić information content (AvgIpc) is 3.00. The molecule has 6 nitrogen and oxygen atoms in total. The van der Waals surface area contributed by atoms with Crippen molar-refractivity contribution in [1.29, 1.82) is 0 Å². The van der Waals surface area contributed by atoms with Gasteiger partial charge in [0.25, 0.3) is 5.91 Å². The molecule has 0 aliphatic heterocycles. The van der Waals surface area contributed by atoms with E-state index in [1.807, 2.05) is 0 Å². The Labute approximate surface area is 146 Å². The summed E-state index contributed by atoms with van der Waals surface area (Å²) in [6, 6.07) is 6.93. The summed E-state index contributed by atoms with van der Waals surface area (Å²) in [7, 11) is 0. The van der Waals surface area contributed by atoms with Crippen molar-refractivity contribution in [3.8, 4) is 11.4 Å². The lowest BCUT2D eigenvalue weighted by Crippen LogP contribution is -2.17. The molecule has 128 valence electrons. The summed E-state index contributed by atoms with van der Waals surface area (Å²) < 4.78 is 29.3. The van der Waals surface area contributed by atoms with E-state index in [2.05, 4.69) is 9.97 Å². The Morgan fingerprint density at radius 2 is 1.84 bits per heavy atom. The number of halogens is 3. The monoisotopic (exact) mass is 363 g/mol. The predicted molar refractivity (Wildman–Crippen MR) is 88.9 cm³/mol. The lowest BCUT2D eigenvalue weighted by molar-refractivity contribution is 0.0996. The fourth-order valence-corrected chi connectivity index (χ4v) is 2.62. The predicted octanol–water partition coefficient (Wildman–Crippen LogP) is 2.61. The minimum Gasteiger partial charge on any atom is -0.382 e. The maximum Gasteiger partial charge on any atom is 0.271 e. The molecule has 4 N–H and O–H groups in total. The second-order valence-electron chi connectivity index (χ2n) is 5.18. The van der Waals surface area contributed by atoms with Gasteiger partial charge in [-0.15, -0.1) is 0 Å². The Balaban J connectivity index is 2.06. The molecule has 25 heavy (non-hydrogen) atoms. The van der Waals surface area contributed by atoms with E-state index in [-0.39, 0.29) is 34.5 Å². The lowest BCUT2D eigenvalue weighted by Gasteiger charge is -2.12. The van der Waals surface area contributed by atoms with E-state index in [0.717, 1.165) is 0 Å². The van der Waals surface area contributed by atoms with Crippen LogP contribution in [-0.4, -0.2) is 20.4 Å². The Morgan fingerprint density at radius 3 is 2.48 bits per heavy atom. The van der Waals surface area contributed by atoms with E-state index in [1.54, 1.807) is 22.9 Å². The number of carbonyl (C=O) groups excluding carboxylic acids is 1. The molecule has 1 aromatic carbocycles. The molecule has 3 rings (SSSR count). The highest BCUT2D eigenvalue weighted by Gasteiger charge is 2.19. The highest BCUT2D eigenvalue weighted by Crippen LogP contribution is 2.28. The van der Waals surface area contributed by atoms with Crippen LogP contribution in [0.4, 0.5) is 14.6 Å². The molecule has 0 atom stereocenters.